The third-order valence-corrected chi connectivity index (χ3v) is 3.90. The van der Waals surface area contributed by atoms with Gasteiger partial charge in [-0.2, -0.15) is 5.10 Å². The topological polar surface area (TPSA) is 34.9 Å². The van der Waals surface area contributed by atoms with E-state index in [-0.39, 0.29) is 0 Å². The van der Waals surface area contributed by atoms with Crippen LogP contribution in [0.1, 0.15) is 10.4 Å². The van der Waals surface area contributed by atoms with Gasteiger partial charge < -0.3 is 0 Å². The van der Waals surface area contributed by atoms with Crippen molar-refractivity contribution < 1.29 is 4.79 Å². The van der Waals surface area contributed by atoms with Gasteiger partial charge in [0.25, 0.3) is 0 Å². The summed E-state index contributed by atoms with van der Waals surface area (Å²) in [6, 6.07) is 5.16. The zero-order chi connectivity index (χ0) is 12.6. The highest BCUT2D eigenvalue weighted by Crippen LogP contribution is 2.37. The van der Waals surface area contributed by atoms with Crippen LogP contribution in [0.3, 0.4) is 0 Å². The van der Waals surface area contributed by atoms with Crippen molar-refractivity contribution in [1.29, 1.82) is 0 Å². The molecule has 88 valence electrons. The number of benzene rings is 1. The number of rotatable bonds is 2. The molecule has 1 heterocycles. The Kier molecular flexibility index (Phi) is 3.56. The maximum atomic E-state index is 11.1. The van der Waals surface area contributed by atoms with Gasteiger partial charge in [0.2, 0.25) is 0 Å². The van der Waals surface area contributed by atoms with E-state index in [1.54, 1.807) is 29.9 Å². The molecular formula is C11H7BrCl2N2O. The summed E-state index contributed by atoms with van der Waals surface area (Å²) < 4.78 is 2.15. The Hall–Kier alpha value is -0.840. The molecule has 6 heteroatoms. The van der Waals surface area contributed by atoms with Gasteiger partial charge in [0.05, 0.1) is 15.6 Å². The Labute approximate surface area is 116 Å². The SMILES string of the molecule is Cn1nc(-c2c(Cl)cccc2Cl)c(C=O)c1Br. The summed E-state index contributed by atoms with van der Waals surface area (Å²) >= 11 is 15.5. The molecule has 0 amide bonds. The van der Waals surface area contributed by atoms with Gasteiger partial charge in [0.1, 0.15) is 10.3 Å². The third-order valence-electron chi connectivity index (χ3n) is 2.33. The summed E-state index contributed by atoms with van der Waals surface area (Å²) in [5, 5.41) is 5.17. The highest BCUT2D eigenvalue weighted by atomic mass is 79.9. The van der Waals surface area contributed by atoms with Crippen LogP contribution in [-0.4, -0.2) is 16.1 Å². The summed E-state index contributed by atoms with van der Waals surface area (Å²) in [5.74, 6) is 0. The molecule has 0 bridgehead atoms. The molecule has 0 saturated heterocycles. The standard InChI is InChI=1S/C11H7BrCl2N2O/c1-16-11(12)6(5-17)10(15-16)9-7(13)3-2-4-8(9)14/h2-5H,1H3. The average molecular weight is 334 g/mol. The van der Waals surface area contributed by atoms with Gasteiger partial charge >= 0.3 is 0 Å². The second kappa shape index (κ2) is 4.80. The first-order valence-electron chi connectivity index (χ1n) is 4.68. The lowest BCUT2D eigenvalue weighted by Crippen LogP contribution is -1.90. The van der Waals surface area contributed by atoms with Gasteiger partial charge in [-0.25, -0.2) is 0 Å². The summed E-state index contributed by atoms with van der Waals surface area (Å²) in [7, 11) is 1.73. The number of carbonyl (C=O) groups is 1. The molecule has 17 heavy (non-hydrogen) atoms. The Balaban J connectivity index is 2.77. The number of hydrogen-bond acceptors (Lipinski definition) is 2. The predicted molar refractivity (Wildman–Crippen MR) is 71.8 cm³/mol. The number of aromatic nitrogens is 2. The van der Waals surface area contributed by atoms with Crippen molar-refractivity contribution in [3.63, 3.8) is 0 Å². The fourth-order valence-electron chi connectivity index (χ4n) is 1.53. The number of aryl methyl sites for hydroxylation is 1. The second-order valence-corrected chi connectivity index (χ2v) is 4.96. The first kappa shape index (κ1) is 12.6. The van der Waals surface area contributed by atoms with Gasteiger partial charge in [-0.3, -0.25) is 9.48 Å². The predicted octanol–water partition coefficient (Wildman–Crippen LogP) is 3.97. The lowest BCUT2D eigenvalue weighted by molar-refractivity contribution is 0.112. The maximum absolute atomic E-state index is 11.1. The molecule has 0 aliphatic carbocycles. The van der Waals surface area contributed by atoms with Crippen LogP contribution in [0.2, 0.25) is 10.0 Å². The minimum absolute atomic E-state index is 0.433. The van der Waals surface area contributed by atoms with E-state index in [1.807, 2.05) is 0 Å². The number of carbonyl (C=O) groups excluding carboxylic acids is 1. The van der Waals surface area contributed by atoms with Gasteiger partial charge in [0.15, 0.2) is 6.29 Å². The van der Waals surface area contributed by atoms with E-state index in [2.05, 4.69) is 21.0 Å². The molecule has 0 aliphatic heterocycles. The van der Waals surface area contributed by atoms with E-state index in [1.165, 1.54) is 0 Å². The second-order valence-electron chi connectivity index (χ2n) is 3.39. The molecule has 0 unspecified atom stereocenters. The van der Waals surface area contributed by atoms with Gasteiger partial charge in [-0.15, -0.1) is 0 Å². The largest absolute Gasteiger partial charge is 0.298 e. The first-order chi connectivity index (χ1) is 8.06. The lowest BCUT2D eigenvalue weighted by Gasteiger charge is -2.03. The molecule has 2 aromatic rings. The zero-order valence-electron chi connectivity index (χ0n) is 8.75. The van der Waals surface area contributed by atoms with Crippen LogP contribution in [0.25, 0.3) is 11.3 Å². The molecule has 0 saturated carbocycles. The summed E-state index contributed by atoms with van der Waals surface area (Å²) in [4.78, 5) is 11.1. The molecule has 0 spiro atoms. The van der Waals surface area contributed by atoms with Crippen LogP contribution in [0.15, 0.2) is 22.8 Å². The van der Waals surface area contributed by atoms with Crippen molar-refractivity contribution in [1.82, 2.24) is 9.78 Å². The smallest absolute Gasteiger partial charge is 0.155 e. The van der Waals surface area contributed by atoms with E-state index in [0.717, 1.165) is 6.29 Å². The van der Waals surface area contributed by atoms with Crippen molar-refractivity contribution in [2.75, 3.05) is 0 Å². The molecule has 0 fully saturated rings. The zero-order valence-corrected chi connectivity index (χ0v) is 11.8. The Morgan fingerprint density at radius 2 is 1.94 bits per heavy atom. The lowest BCUT2D eigenvalue weighted by atomic mass is 10.1. The van der Waals surface area contributed by atoms with Crippen molar-refractivity contribution in [2.45, 2.75) is 0 Å². The number of aldehydes is 1. The number of halogens is 3. The van der Waals surface area contributed by atoms with Crippen LogP contribution in [0.5, 0.6) is 0 Å². The minimum atomic E-state index is 0.433. The van der Waals surface area contributed by atoms with E-state index in [0.29, 0.717) is 31.5 Å². The number of nitrogens with zero attached hydrogens (tertiary/aromatic N) is 2. The molecule has 2 rings (SSSR count). The minimum Gasteiger partial charge on any atom is -0.298 e. The molecule has 1 aromatic heterocycles. The molecule has 0 atom stereocenters. The van der Waals surface area contributed by atoms with Gasteiger partial charge in [-0.05, 0) is 28.1 Å². The third kappa shape index (κ3) is 2.12. The first-order valence-corrected chi connectivity index (χ1v) is 6.23. The van der Waals surface area contributed by atoms with Gasteiger partial charge in [0, 0.05) is 12.6 Å². The van der Waals surface area contributed by atoms with Crippen molar-refractivity contribution in [3.05, 3.63) is 38.4 Å². The highest BCUT2D eigenvalue weighted by Gasteiger charge is 2.19. The maximum Gasteiger partial charge on any atom is 0.155 e. The monoisotopic (exact) mass is 332 g/mol. The van der Waals surface area contributed by atoms with Crippen molar-refractivity contribution in [3.8, 4) is 11.3 Å². The quantitative estimate of drug-likeness (QED) is 0.779. The highest BCUT2D eigenvalue weighted by molar-refractivity contribution is 9.10. The van der Waals surface area contributed by atoms with E-state index in [9.17, 15) is 4.79 Å². The van der Waals surface area contributed by atoms with Crippen molar-refractivity contribution in [2.24, 2.45) is 7.05 Å². The van der Waals surface area contributed by atoms with Crippen LogP contribution in [0, 0.1) is 0 Å². The van der Waals surface area contributed by atoms with Crippen molar-refractivity contribution >= 4 is 45.4 Å². The molecule has 0 aliphatic rings. The van der Waals surface area contributed by atoms with Crippen LogP contribution in [-0.2, 0) is 7.05 Å². The van der Waals surface area contributed by atoms with Crippen LogP contribution >= 0.6 is 39.1 Å². The average Bonchev–Trinajstić information content (AvgIpc) is 2.55. The molecule has 3 nitrogen and oxygen atoms in total. The van der Waals surface area contributed by atoms with E-state index < -0.39 is 0 Å². The van der Waals surface area contributed by atoms with Crippen LogP contribution < -0.4 is 0 Å². The fourth-order valence-corrected chi connectivity index (χ4v) is 2.47. The Morgan fingerprint density at radius 1 is 1.35 bits per heavy atom. The summed E-state index contributed by atoms with van der Waals surface area (Å²) in [6.45, 7) is 0. The number of hydrogen-bond donors (Lipinski definition) is 0. The molecular weight excluding hydrogens is 327 g/mol. The molecule has 0 radical (unpaired) electrons. The normalized spacial score (nSPS) is 10.6. The molecule has 1 aromatic carbocycles. The fraction of sp³-hybridized carbons (Fsp3) is 0.0909. The summed E-state index contributed by atoms with van der Waals surface area (Å²) in [5.41, 5.74) is 1.48. The molecule has 0 N–H and O–H groups in total. The van der Waals surface area contributed by atoms with E-state index in [4.69, 9.17) is 23.2 Å². The Bertz CT molecular complexity index is 575. The van der Waals surface area contributed by atoms with Gasteiger partial charge in [-0.1, -0.05) is 29.3 Å². The van der Waals surface area contributed by atoms with Crippen LogP contribution in [0.4, 0.5) is 0 Å². The summed E-state index contributed by atoms with van der Waals surface area (Å²) in [6.07, 6.45) is 0.728. The Morgan fingerprint density at radius 3 is 2.47 bits per heavy atom. The van der Waals surface area contributed by atoms with E-state index >= 15 is 0 Å².